The fourth-order valence-electron chi connectivity index (χ4n) is 3.04. The third-order valence-electron chi connectivity index (χ3n) is 4.48. The maximum atomic E-state index is 12.6. The van der Waals surface area contributed by atoms with Gasteiger partial charge in [-0.15, -0.1) is 11.3 Å². The number of ether oxygens (including phenoxy) is 1. The van der Waals surface area contributed by atoms with Crippen molar-refractivity contribution in [2.45, 2.75) is 46.0 Å². The number of aryl methyl sites for hydroxylation is 2. The van der Waals surface area contributed by atoms with Crippen molar-refractivity contribution in [3.05, 3.63) is 57.1 Å². The Bertz CT molecular complexity index is 1020. The number of amides is 1. The number of fused-ring (bicyclic) bond motifs is 1. The number of aromatic nitrogens is 2. The molecule has 0 unspecified atom stereocenters. The first-order valence-corrected chi connectivity index (χ1v) is 10.1. The van der Waals surface area contributed by atoms with E-state index in [2.05, 4.69) is 5.32 Å². The Morgan fingerprint density at radius 2 is 1.86 bits per heavy atom. The molecule has 1 amide bonds. The number of hydrogen-bond donors (Lipinski definition) is 1. The van der Waals surface area contributed by atoms with E-state index in [1.54, 1.807) is 20.5 Å². The lowest BCUT2D eigenvalue weighted by Gasteiger charge is -2.13. The molecule has 0 radical (unpaired) electrons. The Morgan fingerprint density at radius 3 is 2.50 bits per heavy atom. The number of para-hydroxylation sites is 2. The minimum Gasteiger partial charge on any atom is -0.452 e. The van der Waals surface area contributed by atoms with E-state index in [0.717, 1.165) is 15.9 Å². The predicted molar refractivity (Wildman–Crippen MR) is 108 cm³/mol. The first-order valence-electron chi connectivity index (χ1n) is 9.19. The number of thiophene rings is 1. The van der Waals surface area contributed by atoms with E-state index in [9.17, 15) is 14.4 Å². The predicted octanol–water partition coefficient (Wildman–Crippen LogP) is 2.52. The van der Waals surface area contributed by atoms with E-state index in [0.29, 0.717) is 13.1 Å². The molecule has 148 valence electrons. The fourth-order valence-corrected chi connectivity index (χ4v) is 3.68. The van der Waals surface area contributed by atoms with E-state index in [1.165, 1.54) is 6.92 Å². The van der Waals surface area contributed by atoms with Gasteiger partial charge < -0.3 is 10.1 Å². The molecule has 2 heterocycles. The number of nitrogens with one attached hydrogen (secondary N) is 1. The first kappa shape index (κ1) is 19.9. The zero-order chi connectivity index (χ0) is 20.1. The summed E-state index contributed by atoms with van der Waals surface area (Å²) >= 11 is 1.55. The SMILES string of the molecule is CCn1c(=O)n(CCC(=O)O[C@@H](C)C(=O)NCc2cccs2)c2ccccc21. The Balaban J connectivity index is 1.57. The van der Waals surface area contributed by atoms with Gasteiger partial charge in [-0.2, -0.15) is 0 Å². The van der Waals surface area contributed by atoms with E-state index in [-0.39, 0.29) is 24.6 Å². The van der Waals surface area contributed by atoms with Gasteiger partial charge in [-0.1, -0.05) is 18.2 Å². The van der Waals surface area contributed by atoms with E-state index in [1.807, 2.05) is 48.7 Å². The number of nitrogens with zero attached hydrogens (tertiary/aromatic N) is 2. The maximum Gasteiger partial charge on any atom is 0.329 e. The van der Waals surface area contributed by atoms with E-state index in [4.69, 9.17) is 4.74 Å². The summed E-state index contributed by atoms with van der Waals surface area (Å²) in [6.07, 6.45) is -0.874. The van der Waals surface area contributed by atoms with Gasteiger partial charge >= 0.3 is 11.7 Å². The summed E-state index contributed by atoms with van der Waals surface area (Å²) in [5, 5.41) is 4.68. The monoisotopic (exact) mass is 401 g/mol. The molecule has 0 aliphatic rings. The quantitative estimate of drug-likeness (QED) is 0.588. The summed E-state index contributed by atoms with van der Waals surface area (Å²) in [6.45, 7) is 4.61. The van der Waals surface area contributed by atoms with Crippen LogP contribution in [0.25, 0.3) is 11.0 Å². The Labute approximate surface area is 166 Å². The molecule has 2 aromatic heterocycles. The molecule has 0 aliphatic heterocycles. The van der Waals surface area contributed by atoms with Gasteiger partial charge in [0.25, 0.3) is 5.91 Å². The molecular weight excluding hydrogens is 378 g/mol. The topological polar surface area (TPSA) is 82.3 Å². The molecule has 0 bridgehead atoms. The average Bonchev–Trinajstić information content (AvgIpc) is 3.30. The summed E-state index contributed by atoms with van der Waals surface area (Å²) in [7, 11) is 0. The fraction of sp³-hybridized carbons (Fsp3) is 0.350. The molecule has 1 N–H and O–H groups in total. The van der Waals surface area contributed by atoms with Crippen molar-refractivity contribution in [1.82, 2.24) is 14.5 Å². The van der Waals surface area contributed by atoms with Gasteiger partial charge in [0.05, 0.1) is 24.0 Å². The lowest BCUT2D eigenvalue weighted by molar-refractivity contribution is -0.155. The van der Waals surface area contributed by atoms with Gasteiger partial charge in [-0.05, 0) is 37.4 Å². The minimum absolute atomic E-state index is 0.0141. The minimum atomic E-state index is -0.888. The second kappa shape index (κ2) is 8.88. The van der Waals surface area contributed by atoms with Crippen LogP contribution in [0.3, 0.4) is 0 Å². The van der Waals surface area contributed by atoms with Crippen molar-refractivity contribution < 1.29 is 14.3 Å². The summed E-state index contributed by atoms with van der Waals surface area (Å²) in [5.74, 6) is -0.861. The highest BCUT2D eigenvalue weighted by atomic mass is 32.1. The molecule has 0 fully saturated rings. The molecule has 0 spiro atoms. The maximum absolute atomic E-state index is 12.6. The standard InChI is InChI=1S/C20H23N3O4S/c1-3-22-16-8-4-5-9-17(16)23(20(22)26)11-10-18(24)27-14(2)19(25)21-13-15-7-6-12-28-15/h4-9,12,14H,3,10-11,13H2,1-2H3,(H,21,25)/t14-/m0/s1. The van der Waals surface area contributed by atoms with Gasteiger partial charge in [0, 0.05) is 18.0 Å². The summed E-state index contributed by atoms with van der Waals surface area (Å²) in [5.41, 5.74) is 1.46. The molecule has 7 nitrogen and oxygen atoms in total. The van der Waals surface area contributed by atoms with Crippen LogP contribution in [-0.2, 0) is 34.0 Å². The van der Waals surface area contributed by atoms with Crippen LogP contribution in [0, 0.1) is 0 Å². The highest BCUT2D eigenvalue weighted by Gasteiger charge is 2.19. The number of esters is 1. The summed E-state index contributed by atoms with van der Waals surface area (Å²) < 4.78 is 8.46. The third kappa shape index (κ3) is 4.33. The van der Waals surface area contributed by atoms with Crippen LogP contribution in [-0.4, -0.2) is 27.1 Å². The van der Waals surface area contributed by atoms with Crippen LogP contribution in [0.2, 0.25) is 0 Å². The van der Waals surface area contributed by atoms with Gasteiger partial charge in [-0.3, -0.25) is 18.7 Å². The Morgan fingerprint density at radius 1 is 1.14 bits per heavy atom. The first-order chi connectivity index (χ1) is 13.5. The van der Waals surface area contributed by atoms with Gasteiger partial charge in [-0.25, -0.2) is 4.79 Å². The Kier molecular flexibility index (Phi) is 6.30. The molecule has 0 aliphatic carbocycles. The smallest absolute Gasteiger partial charge is 0.329 e. The third-order valence-corrected chi connectivity index (χ3v) is 5.35. The molecule has 0 saturated carbocycles. The van der Waals surface area contributed by atoms with E-state index < -0.39 is 12.1 Å². The molecule has 1 atom stereocenters. The molecule has 28 heavy (non-hydrogen) atoms. The highest BCUT2D eigenvalue weighted by molar-refractivity contribution is 7.09. The van der Waals surface area contributed by atoms with Crippen LogP contribution in [0.15, 0.2) is 46.6 Å². The van der Waals surface area contributed by atoms with Gasteiger partial charge in [0.2, 0.25) is 0 Å². The zero-order valence-electron chi connectivity index (χ0n) is 15.9. The highest BCUT2D eigenvalue weighted by Crippen LogP contribution is 2.13. The molecule has 3 aromatic rings. The molecule has 3 rings (SSSR count). The second-order valence-corrected chi connectivity index (χ2v) is 7.38. The molecule has 0 saturated heterocycles. The van der Waals surface area contributed by atoms with Crippen LogP contribution in [0.4, 0.5) is 0 Å². The van der Waals surface area contributed by atoms with Crippen LogP contribution >= 0.6 is 11.3 Å². The molecule has 1 aromatic carbocycles. The lowest BCUT2D eigenvalue weighted by atomic mass is 10.3. The van der Waals surface area contributed by atoms with Crippen molar-refractivity contribution >= 4 is 34.2 Å². The number of benzene rings is 1. The Hall–Kier alpha value is -2.87. The van der Waals surface area contributed by atoms with Gasteiger partial charge in [0.15, 0.2) is 6.10 Å². The van der Waals surface area contributed by atoms with Crippen molar-refractivity contribution in [2.24, 2.45) is 0 Å². The normalized spacial score (nSPS) is 12.1. The number of imidazole rings is 1. The number of carbonyl (C=O) groups is 2. The van der Waals surface area contributed by atoms with Gasteiger partial charge in [0.1, 0.15) is 0 Å². The van der Waals surface area contributed by atoms with E-state index >= 15 is 0 Å². The van der Waals surface area contributed by atoms with Crippen molar-refractivity contribution in [2.75, 3.05) is 0 Å². The molecular formula is C20H23N3O4S. The van der Waals surface area contributed by atoms with Crippen LogP contribution in [0.5, 0.6) is 0 Å². The summed E-state index contributed by atoms with van der Waals surface area (Å²) in [6, 6.07) is 11.3. The number of rotatable bonds is 8. The lowest BCUT2D eigenvalue weighted by Crippen LogP contribution is -2.35. The van der Waals surface area contributed by atoms with Crippen molar-refractivity contribution in [3.8, 4) is 0 Å². The largest absolute Gasteiger partial charge is 0.452 e. The average molecular weight is 401 g/mol. The number of carbonyl (C=O) groups excluding carboxylic acids is 2. The molecule has 8 heteroatoms. The summed E-state index contributed by atoms with van der Waals surface area (Å²) in [4.78, 5) is 37.8. The van der Waals surface area contributed by atoms with Crippen LogP contribution < -0.4 is 11.0 Å². The number of hydrogen-bond acceptors (Lipinski definition) is 5. The van der Waals surface area contributed by atoms with Crippen LogP contribution in [0.1, 0.15) is 25.1 Å². The van der Waals surface area contributed by atoms with Crippen molar-refractivity contribution in [1.29, 1.82) is 0 Å². The zero-order valence-corrected chi connectivity index (χ0v) is 16.7. The second-order valence-electron chi connectivity index (χ2n) is 6.35. The van der Waals surface area contributed by atoms with Crippen molar-refractivity contribution in [3.63, 3.8) is 0 Å².